The van der Waals surface area contributed by atoms with Crippen LogP contribution < -0.4 is 5.32 Å². The summed E-state index contributed by atoms with van der Waals surface area (Å²) in [6.07, 6.45) is 2.83. The van der Waals surface area contributed by atoms with Crippen molar-refractivity contribution < 1.29 is 5.11 Å². The van der Waals surface area contributed by atoms with Crippen LogP contribution in [0.25, 0.3) is 10.2 Å². The fourth-order valence-corrected chi connectivity index (χ4v) is 3.26. The first-order valence-corrected chi connectivity index (χ1v) is 7.76. The van der Waals surface area contributed by atoms with E-state index in [-0.39, 0.29) is 12.6 Å². The molecule has 0 saturated carbocycles. The normalized spacial score (nSPS) is 12.8. The lowest BCUT2D eigenvalue weighted by atomic mass is 10.2. The summed E-state index contributed by atoms with van der Waals surface area (Å²) in [5, 5.41) is 13.4. The average molecular weight is 268 g/mol. The molecule has 0 aliphatic rings. The molecule has 0 saturated heterocycles. The van der Waals surface area contributed by atoms with E-state index in [4.69, 9.17) is 5.11 Å². The number of aromatic nitrogens is 1. The van der Waals surface area contributed by atoms with Crippen LogP contribution in [0, 0.1) is 0 Å². The summed E-state index contributed by atoms with van der Waals surface area (Å²) in [5.74, 6) is 0.983. The second-order valence-corrected chi connectivity index (χ2v) is 5.74. The number of para-hydroxylation sites is 1. The van der Waals surface area contributed by atoms with Crippen molar-refractivity contribution in [3.63, 3.8) is 0 Å². The van der Waals surface area contributed by atoms with E-state index in [0.717, 1.165) is 22.8 Å². The van der Waals surface area contributed by atoms with Crippen LogP contribution in [-0.2, 0) is 0 Å². The van der Waals surface area contributed by atoms with Crippen molar-refractivity contribution in [3.8, 4) is 0 Å². The smallest absolute Gasteiger partial charge is 0.184 e. The fourth-order valence-electron chi connectivity index (χ4n) is 1.66. The Kier molecular flexibility index (Phi) is 4.65. The Labute approximate surface area is 109 Å². The molecule has 0 aliphatic heterocycles. The average Bonchev–Trinajstić information content (AvgIpc) is 2.71. The van der Waals surface area contributed by atoms with E-state index in [1.54, 1.807) is 23.1 Å². The molecule has 92 valence electrons. The Morgan fingerprint density at radius 3 is 3.00 bits per heavy atom. The minimum Gasteiger partial charge on any atom is -0.396 e. The Bertz CT molecular complexity index is 433. The van der Waals surface area contributed by atoms with Gasteiger partial charge < -0.3 is 10.4 Å². The molecular weight excluding hydrogens is 252 g/mol. The highest BCUT2D eigenvalue weighted by atomic mass is 32.2. The Hall–Kier alpha value is -0.780. The molecule has 0 radical (unpaired) electrons. The van der Waals surface area contributed by atoms with Crippen molar-refractivity contribution in [1.29, 1.82) is 0 Å². The zero-order chi connectivity index (χ0) is 12.1. The van der Waals surface area contributed by atoms with Crippen molar-refractivity contribution in [2.24, 2.45) is 0 Å². The van der Waals surface area contributed by atoms with Crippen LogP contribution in [0.5, 0.6) is 0 Å². The van der Waals surface area contributed by atoms with Crippen molar-refractivity contribution in [3.05, 3.63) is 24.3 Å². The molecule has 1 atom stereocenters. The van der Waals surface area contributed by atoms with Crippen molar-refractivity contribution >= 4 is 38.4 Å². The molecule has 0 fully saturated rings. The summed E-state index contributed by atoms with van der Waals surface area (Å²) >= 11 is 3.44. The van der Waals surface area contributed by atoms with Gasteiger partial charge in [0.05, 0.1) is 10.2 Å². The van der Waals surface area contributed by atoms with Crippen LogP contribution in [0.2, 0.25) is 0 Å². The van der Waals surface area contributed by atoms with Gasteiger partial charge in [-0.2, -0.15) is 11.8 Å². The van der Waals surface area contributed by atoms with Crippen LogP contribution in [0.15, 0.2) is 24.3 Å². The number of nitrogens with zero attached hydrogens (tertiary/aromatic N) is 1. The SMILES string of the molecule is CSCC(CCO)Nc1nc2ccccc2s1. The van der Waals surface area contributed by atoms with E-state index in [2.05, 4.69) is 22.6 Å². The van der Waals surface area contributed by atoms with Gasteiger partial charge in [0.15, 0.2) is 5.13 Å². The third-order valence-electron chi connectivity index (χ3n) is 2.47. The van der Waals surface area contributed by atoms with Crippen LogP contribution in [0.3, 0.4) is 0 Å². The number of fused-ring (bicyclic) bond motifs is 1. The van der Waals surface area contributed by atoms with Crippen molar-refractivity contribution in [1.82, 2.24) is 4.98 Å². The molecule has 2 N–H and O–H groups in total. The first-order chi connectivity index (χ1) is 8.33. The minimum absolute atomic E-state index is 0.211. The summed E-state index contributed by atoms with van der Waals surface area (Å²) < 4.78 is 1.20. The standard InChI is InChI=1S/C12H16N2OS2/c1-16-8-9(6-7-15)13-12-14-10-4-2-3-5-11(10)17-12/h2-5,9,15H,6-8H2,1H3,(H,13,14). The highest BCUT2D eigenvalue weighted by Crippen LogP contribution is 2.26. The number of thiazole rings is 1. The summed E-state index contributed by atoms with van der Waals surface area (Å²) in [6.45, 7) is 0.211. The van der Waals surface area contributed by atoms with E-state index in [1.807, 2.05) is 18.2 Å². The molecule has 2 rings (SSSR count). The summed E-state index contributed by atoms with van der Waals surface area (Å²) in [4.78, 5) is 4.53. The molecule has 0 amide bonds. The van der Waals surface area contributed by atoms with Crippen molar-refractivity contribution in [2.75, 3.05) is 23.9 Å². The molecule has 1 heterocycles. The molecule has 1 aromatic carbocycles. The number of aliphatic hydroxyl groups excluding tert-OH is 1. The molecule has 1 aromatic heterocycles. The molecule has 2 aromatic rings. The number of hydrogen-bond acceptors (Lipinski definition) is 5. The van der Waals surface area contributed by atoms with Crippen LogP contribution in [0.1, 0.15) is 6.42 Å². The molecule has 3 nitrogen and oxygen atoms in total. The number of rotatable bonds is 6. The number of nitrogens with one attached hydrogen (secondary N) is 1. The highest BCUT2D eigenvalue weighted by molar-refractivity contribution is 7.98. The van der Waals surface area contributed by atoms with E-state index >= 15 is 0 Å². The summed E-state index contributed by atoms with van der Waals surface area (Å²) in [5.41, 5.74) is 1.03. The zero-order valence-electron chi connectivity index (χ0n) is 9.72. The first kappa shape index (κ1) is 12.7. The van der Waals surface area contributed by atoms with E-state index in [9.17, 15) is 0 Å². The molecule has 17 heavy (non-hydrogen) atoms. The largest absolute Gasteiger partial charge is 0.396 e. The first-order valence-electron chi connectivity index (χ1n) is 5.55. The molecule has 1 unspecified atom stereocenters. The van der Waals surface area contributed by atoms with Gasteiger partial charge in [0.1, 0.15) is 0 Å². The lowest BCUT2D eigenvalue weighted by Crippen LogP contribution is -2.23. The number of hydrogen-bond donors (Lipinski definition) is 2. The van der Waals surface area contributed by atoms with Gasteiger partial charge in [-0.15, -0.1) is 0 Å². The van der Waals surface area contributed by atoms with Crippen LogP contribution >= 0.6 is 23.1 Å². The number of thioether (sulfide) groups is 1. The third-order valence-corrected chi connectivity index (χ3v) is 4.17. The Balaban J connectivity index is 2.10. The van der Waals surface area contributed by atoms with Crippen LogP contribution in [0.4, 0.5) is 5.13 Å². The number of anilines is 1. The quantitative estimate of drug-likeness (QED) is 0.845. The predicted molar refractivity (Wildman–Crippen MR) is 77.1 cm³/mol. The number of aliphatic hydroxyl groups is 1. The van der Waals surface area contributed by atoms with E-state index in [0.29, 0.717) is 0 Å². The molecular formula is C12H16N2OS2. The van der Waals surface area contributed by atoms with Crippen molar-refractivity contribution in [2.45, 2.75) is 12.5 Å². The number of benzene rings is 1. The fraction of sp³-hybridized carbons (Fsp3) is 0.417. The third kappa shape index (κ3) is 3.34. The Morgan fingerprint density at radius 1 is 1.47 bits per heavy atom. The topological polar surface area (TPSA) is 45.1 Å². The second-order valence-electron chi connectivity index (χ2n) is 3.80. The van der Waals surface area contributed by atoms with Gasteiger partial charge in [-0.25, -0.2) is 4.98 Å². The minimum atomic E-state index is 0.211. The molecule has 0 bridgehead atoms. The molecule has 0 spiro atoms. The van der Waals surface area contributed by atoms with Gasteiger partial charge in [0.25, 0.3) is 0 Å². The molecule has 5 heteroatoms. The Morgan fingerprint density at radius 2 is 2.29 bits per heavy atom. The van der Waals surface area contributed by atoms with E-state index in [1.165, 1.54) is 4.70 Å². The van der Waals surface area contributed by atoms with Gasteiger partial charge in [-0.3, -0.25) is 0 Å². The predicted octanol–water partition coefficient (Wildman–Crippen LogP) is 2.82. The van der Waals surface area contributed by atoms with Gasteiger partial charge in [0, 0.05) is 18.4 Å². The zero-order valence-corrected chi connectivity index (χ0v) is 11.4. The van der Waals surface area contributed by atoms with Gasteiger partial charge in [-0.05, 0) is 24.8 Å². The lowest BCUT2D eigenvalue weighted by Gasteiger charge is -2.15. The lowest BCUT2D eigenvalue weighted by molar-refractivity contribution is 0.282. The maximum Gasteiger partial charge on any atom is 0.184 e. The molecule has 0 aliphatic carbocycles. The maximum atomic E-state index is 9.01. The van der Waals surface area contributed by atoms with Gasteiger partial charge >= 0.3 is 0 Å². The van der Waals surface area contributed by atoms with Gasteiger partial charge in [-0.1, -0.05) is 23.5 Å². The monoisotopic (exact) mass is 268 g/mol. The highest BCUT2D eigenvalue weighted by Gasteiger charge is 2.10. The maximum absolute atomic E-state index is 9.01. The van der Waals surface area contributed by atoms with Gasteiger partial charge in [0.2, 0.25) is 0 Å². The van der Waals surface area contributed by atoms with Crippen LogP contribution in [-0.4, -0.2) is 34.7 Å². The van der Waals surface area contributed by atoms with E-state index < -0.39 is 0 Å². The second kappa shape index (κ2) is 6.23. The summed E-state index contributed by atoms with van der Waals surface area (Å²) in [6, 6.07) is 8.41. The summed E-state index contributed by atoms with van der Waals surface area (Å²) in [7, 11) is 0.